The molecule has 0 atom stereocenters. The van der Waals surface area contributed by atoms with Crippen molar-refractivity contribution in [2.75, 3.05) is 5.32 Å². The molecule has 0 aliphatic rings. The van der Waals surface area contributed by atoms with E-state index in [9.17, 15) is 9.59 Å². The average Bonchev–Trinajstić information content (AvgIpc) is 2.82. The summed E-state index contributed by atoms with van der Waals surface area (Å²) >= 11 is 1.50. The van der Waals surface area contributed by atoms with Crippen molar-refractivity contribution in [2.45, 2.75) is 6.92 Å². The normalized spacial score (nSPS) is 10.7. The molecule has 2 aromatic heterocycles. The number of nitrogens with zero attached hydrogens (tertiary/aromatic N) is 2. The zero-order valence-corrected chi connectivity index (χ0v) is 11.3. The van der Waals surface area contributed by atoms with Gasteiger partial charge in [0.1, 0.15) is 5.69 Å². The van der Waals surface area contributed by atoms with Gasteiger partial charge in [0.05, 0.1) is 10.7 Å². The number of carboxylic acids is 1. The predicted molar refractivity (Wildman–Crippen MR) is 75.7 cm³/mol. The number of carboxylic acid groups (broad SMARTS) is 1. The summed E-state index contributed by atoms with van der Waals surface area (Å²) in [5.41, 5.74) is 0.965. The maximum Gasteiger partial charge on any atom is 0.354 e. The molecule has 0 aromatic carbocycles. The van der Waals surface area contributed by atoms with Crippen LogP contribution in [-0.4, -0.2) is 27.0 Å². The van der Waals surface area contributed by atoms with Gasteiger partial charge in [-0.15, -0.1) is 11.3 Å². The summed E-state index contributed by atoms with van der Waals surface area (Å²) in [6, 6.07) is 2.81. The Kier molecular flexibility index (Phi) is 4.21. The number of carbonyl (C=O) groups is 2. The highest BCUT2D eigenvalue weighted by Crippen LogP contribution is 2.10. The number of rotatable bonds is 4. The minimum absolute atomic E-state index is 0.123. The number of carbonyl (C=O) groups excluding carboxylic acids is 1. The SMILES string of the molecule is Cc1nc(C=CC(=O)Nc2ccnc(C(=O)O)c2)cs1. The molecule has 2 aromatic rings. The molecule has 0 spiro atoms. The van der Waals surface area contributed by atoms with Crippen LogP contribution in [0, 0.1) is 6.92 Å². The van der Waals surface area contributed by atoms with Crippen molar-refractivity contribution in [3.8, 4) is 0 Å². The van der Waals surface area contributed by atoms with Crippen LogP contribution >= 0.6 is 11.3 Å². The largest absolute Gasteiger partial charge is 0.477 e. The minimum Gasteiger partial charge on any atom is -0.477 e. The summed E-state index contributed by atoms with van der Waals surface area (Å²) in [6.07, 6.45) is 4.26. The summed E-state index contributed by atoms with van der Waals surface area (Å²) in [5.74, 6) is -1.51. The van der Waals surface area contributed by atoms with Gasteiger partial charge in [-0.05, 0) is 25.1 Å². The van der Waals surface area contributed by atoms with E-state index >= 15 is 0 Å². The molecule has 102 valence electrons. The zero-order chi connectivity index (χ0) is 14.5. The van der Waals surface area contributed by atoms with Gasteiger partial charge in [-0.2, -0.15) is 0 Å². The number of hydrogen-bond acceptors (Lipinski definition) is 5. The van der Waals surface area contributed by atoms with Crippen molar-refractivity contribution in [1.82, 2.24) is 9.97 Å². The number of amides is 1. The fourth-order valence-corrected chi connectivity index (χ4v) is 2.01. The van der Waals surface area contributed by atoms with E-state index in [1.54, 1.807) is 6.08 Å². The molecule has 7 heteroatoms. The topological polar surface area (TPSA) is 92.2 Å². The third kappa shape index (κ3) is 3.72. The van der Waals surface area contributed by atoms with E-state index in [1.807, 2.05) is 12.3 Å². The zero-order valence-electron chi connectivity index (χ0n) is 10.5. The van der Waals surface area contributed by atoms with Crippen molar-refractivity contribution >= 4 is 35.0 Å². The van der Waals surface area contributed by atoms with Gasteiger partial charge in [0.15, 0.2) is 0 Å². The third-order valence-corrected chi connectivity index (χ3v) is 3.08. The molecule has 0 aliphatic heterocycles. The van der Waals surface area contributed by atoms with Gasteiger partial charge < -0.3 is 10.4 Å². The number of nitrogens with one attached hydrogen (secondary N) is 1. The lowest BCUT2D eigenvalue weighted by atomic mass is 10.3. The first-order valence-corrected chi connectivity index (χ1v) is 6.53. The van der Waals surface area contributed by atoms with Crippen LogP contribution in [0.15, 0.2) is 29.8 Å². The van der Waals surface area contributed by atoms with Crippen molar-refractivity contribution in [3.05, 3.63) is 46.2 Å². The lowest BCUT2D eigenvalue weighted by Gasteiger charge is -2.02. The van der Waals surface area contributed by atoms with E-state index in [1.165, 1.54) is 35.7 Å². The fourth-order valence-electron chi connectivity index (χ4n) is 1.43. The molecular formula is C13H11N3O3S. The molecule has 0 radical (unpaired) electrons. The number of aryl methyl sites for hydroxylation is 1. The molecule has 2 N–H and O–H groups in total. The third-order valence-electron chi connectivity index (χ3n) is 2.29. The Bertz CT molecular complexity index is 679. The van der Waals surface area contributed by atoms with Gasteiger partial charge in [-0.3, -0.25) is 4.79 Å². The number of thiazole rings is 1. The monoisotopic (exact) mass is 289 g/mol. The lowest BCUT2D eigenvalue weighted by Crippen LogP contribution is -2.09. The van der Waals surface area contributed by atoms with Crippen molar-refractivity contribution in [1.29, 1.82) is 0 Å². The number of anilines is 1. The molecule has 2 rings (SSSR count). The van der Waals surface area contributed by atoms with Gasteiger partial charge in [0.25, 0.3) is 0 Å². The van der Waals surface area contributed by atoms with Gasteiger partial charge in [-0.1, -0.05) is 0 Å². The Morgan fingerprint density at radius 1 is 1.45 bits per heavy atom. The van der Waals surface area contributed by atoms with E-state index in [0.717, 1.165) is 5.01 Å². The summed E-state index contributed by atoms with van der Waals surface area (Å²) in [4.78, 5) is 30.3. The number of pyridine rings is 1. The van der Waals surface area contributed by atoms with E-state index in [4.69, 9.17) is 5.11 Å². The van der Waals surface area contributed by atoms with Crippen LogP contribution < -0.4 is 5.32 Å². The Balaban J connectivity index is 2.02. The van der Waals surface area contributed by atoms with Crippen LogP contribution in [0.25, 0.3) is 6.08 Å². The van der Waals surface area contributed by atoms with Crippen LogP contribution in [0.3, 0.4) is 0 Å². The van der Waals surface area contributed by atoms with Crippen LogP contribution in [0.1, 0.15) is 21.2 Å². The van der Waals surface area contributed by atoms with E-state index in [-0.39, 0.29) is 11.6 Å². The first-order valence-electron chi connectivity index (χ1n) is 5.65. The molecule has 6 nitrogen and oxygen atoms in total. The molecule has 0 saturated heterocycles. The highest BCUT2D eigenvalue weighted by Gasteiger charge is 2.06. The van der Waals surface area contributed by atoms with E-state index < -0.39 is 5.97 Å². The molecular weight excluding hydrogens is 278 g/mol. The van der Waals surface area contributed by atoms with Crippen molar-refractivity contribution in [3.63, 3.8) is 0 Å². The second-order valence-corrected chi connectivity index (χ2v) is 4.91. The van der Waals surface area contributed by atoms with Gasteiger partial charge in [0, 0.05) is 23.3 Å². The van der Waals surface area contributed by atoms with E-state index in [0.29, 0.717) is 11.4 Å². The maximum absolute atomic E-state index is 11.7. The summed E-state index contributed by atoms with van der Waals surface area (Å²) in [7, 11) is 0. The minimum atomic E-state index is -1.14. The highest BCUT2D eigenvalue weighted by atomic mass is 32.1. The number of aromatic carboxylic acids is 1. The highest BCUT2D eigenvalue weighted by molar-refractivity contribution is 7.09. The van der Waals surface area contributed by atoms with Crippen LogP contribution in [0.4, 0.5) is 5.69 Å². The Morgan fingerprint density at radius 3 is 2.90 bits per heavy atom. The van der Waals surface area contributed by atoms with Crippen LogP contribution in [0.5, 0.6) is 0 Å². The Labute approximate surface area is 118 Å². The molecule has 0 saturated carbocycles. The standard InChI is InChI=1S/C13H11N3O3S/c1-8-15-10(7-20-8)2-3-12(17)16-9-4-5-14-11(6-9)13(18)19/h2-7H,1H3,(H,18,19)(H,14,16,17). The molecule has 0 unspecified atom stereocenters. The second-order valence-electron chi connectivity index (χ2n) is 3.85. The molecule has 1 amide bonds. The van der Waals surface area contributed by atoms with Crippen molar-refractivity contribution < 1.29 is 14.7 Å². The Morgan fingerprint density at radius 2 is 2.25 bits per heavy atom. The van der Waals surface area contributed by atoms with E-state index in [2.05, 4.69) is 15.3 Å². The van der Waals surface area contributed by atoms with Gasteiger partial charge in [-0.25, -0.2) is 14.8 Å². The summed E-state index contributed by atoms with van der Waals surface area (Å²) < 4.78 is 0. The van der Waals surface area contributed by atoms with Gasteiger partial charge in [0.2, 0.25) is 5.91 Å². The van der Waals surface area contributed by atoms with Crippen LogP contribution in [0.2, 0.25) is 0 Å². The van der Waals surface area contributed by atoms with Crippen molar-refractivity contribution in [2.24, 2.45) is 0 Å². The molecule has 20 heavy (non-hydrogen) atoms. The quantitative estimate of drug-likeness (QED) is 0.842. The maximum atomic E-state index is 11.7. The Hall–Kier alpha value is -2.54. The van der Waals surface area contributed by atoms with Crippen LogP contribution in [-0.2, 0) is 4.79 Å². The predicted octanol–water partition coefficient (Wildman–Crippen LogP) is 2.20. The first-order chi connectivity index (χ1) is 9.54. The fraction of sp³-hybridized carbons (Fsp3) is 0.0769. The smallest absolute Gasteiger partial charge is 0.354 e. The first kappa shape index (κ1) is 13.9. The number of hydrogen-bond donors (Lipinski definition) is 2. The molecule has 2 heterocycles. The molecule has 0 bridgehead atoms. The summed E-state index contributed by atoms with van der Waals surface area (Å²) in [6.45, 7) is 1.88. The van der Waals surface area contributed by atoms with Gasteiger partial charge >= 0.3 is 5.97 Å². The number of aromatic nitrogens is 2. The second kappa shape index (κ2) is 6.07. The molecule has 0 aliphatic carbocycles. The lowest BCUT2D eigenvalue weighted by molar-refractivity contribution is -0.111. The average molecular weight is 289 g/mol. The summed E-state index contributed by atoms with van der Waals surface area (Å²) in [5, 5.41) is 14.1. The molecule has 0 fully saturated rings.